The summed E-state index contributed by atoms with van der Waals surface area (Å²) in [5.74, 6) is -0.143. The molecule has 1 aromatic carbocycles. The quantitative estimate of drug-likeness (QED) is 0.792. The number of aliphatic hydroxyl groups is 1. The van der Waals surface area contributed by atoms with Crippen LogP contribution >= 0.6 is 0 Å². The lowest BCUT2D eigenvalue weighted by Gasteiger charge is -2.10. The third-order valence-electron chi connectivity index (χ3n) is 3.26. The van der Waals surface area contributed by atoms with E-state index < -0.39 is 11.7 Å². The van der Waals surface area contributed by atoms with Gasteiger partial charge in [-0.05, 0) is 42.5 Å². The Bertz CT molecular complexity index is 521. The number of amides is 1. The van der Waals surface area contributed by atoms with Crippen molar-refractivity contribution in [2.75, 3.05) is 13.2 Å². The largest absolute Gasteiger partial charge is 0.416 e. The minimum Gasteiger partial charge on any atom is -0.396 e. The summed E-state index contributed by atoms with van der Waals surface area (Å²) in [5, 5.41) is 11.5. The van der Waals surface area contributed by atoms with Crippen molar-refractivity contribution < 1.29 is 23.1 Å². The molecule has 0 aliphatic carbocycles. The van der Waals surface area contributed by atoms with Crippen molar-refractivity contribution in [1.29, 1.82) is 0 Å². The van der Waals surface area contributed by atoms with Gasteiger partial charge in [0.15, 0.2) is 0 Å². The number of carbonyl (C=O) groups excluding carboxylic acids is 1. The molecule has 1 unspecified atom stereocenters. The Kier molecular flexibility index (Phi) is 6.61. The number of alkyl halides is 3. The summed E-state index contributed by atoms with van der Waals surface area (Å²) in [5.41, 5.74) is 0.430. The Labute approximate surface area is 127 Å². The number of aliphatic hydroxyl groups excluding tert-OH is 1. The second-order valence-corrected chi connectivity index (χ2v) is 5.27. The number of nitrogens with one attached hydrogen (secondary N) is 1. The summed E-state index contributed by atoms with van der Waals surface area (Å²) >= 11 is 0. The molecule has 3 nitrogen and oxygen atoms in total. The Morgan fingerprint density at radius 2 is 1.91 bits per heavy atom. The van der Waals surface area contributed by atoms with E-state index in [0.717, 1.165) is 12.1 Å². The smallest absolute Gasteiger partial charge is 0.396 e. The average Bonchev–Trinajstić information content (AvgIpc) is 2.44. The molecule has 122 valence electrons. The first kappa shape index (κ1) is 18.2. The van der Waals surface area contributed by atoms with Crippen LogP contribution in [0.25, 0.3) is 5.57 Å². The molecule has 22 heavy (non-hydrogen) atoms. The van der Waals surface area contributed by atoms with Gasteiger partial charge >= 0.3 is 6.18 Å². The van der Waals surface area contributed by atoms with E-state index in [1.54, 1.807) is 6.92 Å². The number of hydrogen-bond acceptors (Lipinski definition) is 2. The van der Waals surface area contributed by atoms with Crippen molar-refractivity contribution in [3.8, 4) is 0 Å². The van der Waals surface area contributed by atoms with Crippen LogP contribution in [0.3, 0.4) is 0 Å². The first-order valence-electron chi connectivity index (χ1n) is 6.98. The Balaban J connectivity index is 2.66. The summed E-state index contributed by atoms with van der Waals surface area (Å²) in [6.45, 7) is 4.08. The average molecular weight is 315 g/mol. The van der Waals surface area contributed by atoms with Gasteiger partial charge in [-0.2, -0.15) is 13.2 Å². The Hall–Kier alpha value is -1.82. The van der Waals surface area contributed by atoms with Crippen LogP contribution < -0.4 is 5.32 Å². The maximum Gasteiger partial charge on any atom is 0.416 e. The number of hydrogen-bond donors (Lipinski definition) is 2. The molecule has 2 N–H and O–H groups in total. The predicted octanol–water partition coefficient (Wildman–Crippen LogP) is 3.24. The molecule has 1 amide bonds. The summed E-state index contributed by atoms with van der Waals surface area (Å²) in [6, 6.07) is 4.68. The van der Waals surface area contributed by atoms with Crippen LogP contribution in [0.15, 0.2) is 30.3 Å². The molecule has 0 aliphatic rings. The highest BCUT2D eigenvalue weighted by Gasteiger charge is 2.29. The third kappa shape index (κ3) is 5.89. The lowest BCUT2D eigenvalue weighted by atomic mass is 10.0. The molecule has 0 saturated heterocycles. The van der Waals surface area contributed by atoms with E-state index in [1.807, 2.05) is 6.92 Å². The molecular weight excluding hydrogens is 295 g/mol. The van der Waals surface area contributed by atoms with E-state index >= 15 is 0 Å². The molecule has 6 heteroatoms. The molecule has 0 radical (unpaired) electrons. The van der Waals surface area contributed by atoms with Gasteiger partial charge < -0.3 is 10.4 Å². The number of rotatable bonds is 6. The molecule has 0 heterocycles. The molecule has 1 atom stereocenters. The van der Waals surface area contributed by atoms with Gasteiger partial charge in [-0.25, -0.2) is 0 Å². The van der Waals surface area contributed by atoms with Crippen molar-refractivity contribution in [3.05, 3.63) is 41.5 Å². The number of benzene rings is 1. The van der Waals surface area contributed by atoms with E-state index in [2.05, 4.69) is 5.32 Å². The van der Waals surface area contributed by atoms with Crippen LogP contribution in [0.4, 0.5) is 13.2 Å². The van der Waals surface area contributed by atoms with Crippen molar-refractivity contribution >= 4 is 11.5 Å². The van der Waals surface area contributed by atoms with Gasteiger partial charge in [0, 0.05) is 19.2 Å². The van der Waals surface area contributed by atoms with E-state index in [1.165, 1.54) is 18.2 Å². The highest BCUT2D eigenvalue weighted by atomic mass is 19.4. The summed E-state index contributed by atoms with van der Waals surface area (Å²) in [7, 11) is 0. The molecule has 0 saturated carbocycles. The second-order valence-electron chi connectivity index (χ2n) is 5.27. The zero-order valence-corrected chi connectivity index (χ0v) is 12.6. The summed E-state index contributed by atoms with van der Waals surface area (Å²) in [6.07, 6.45) is -2.41. The standard InChI is InChI=1S/C16H20F3NO2/c1-11(7-8-21)10-20-15(22)9-12(2)13-3-5-14(6-4-13)16(17,18)19/h3-6,9,11,21H,7-8,10H2,1-2H3,(H,20,22)/b12-9-. The maximum atomic E-state index is 12.5. The van der Waals surface area contributed by atoms with E-state index in [-0.39, 0.29) is 18.4 Å². The molecule has 0 spiro atoms. The maximum absolute atomic E-state index is 12.5. The van der Waals surface area contributed by atoms with Gasteiger partial charge in [0.2, 0.25) is 5.91 Å². The lowest BCUT2D eigenvalue weighted by Crippen LogP contribution is -2.27. The first-order valence-corrected chi connectivity index (χ1v) is 6.98. The molecule has 0 aliphatic heterocycles. The van der Waals surface area contributed by atoms with E-state index in [0.29, 0.717) is 24.1 Å². The van der Waals surface area contributed by atoms with Crippen LogP contribution in [0.5, 0.6) is 0 Å². The highest BCUT2D eigenvalue weighted by molar-refractivity contribution is 5.94. The van der Waals surface area contributed by atoms with Crippen LogP contribution in [0.1, 0.15) is 31.4 Å². The summed E-state index contributed by atoms with van der Waals surface area (Å²) in [4.78, 5) is 11.7. The van der Waals surface area contributed by atoms with Crippen molar-refractivity contribution in [3.63, 3.8) is 0 Å². The number of carbonyl (C=O) groups is 1. The SMILES string of the molecule is C/C(=C/C(=O)NCC(C)CCO)c1ccc(C(F)(F)F)cc1. The minimum atomic E-state index is -4.36. The van der Waals surface area contributed by atoms with Gasteiger partial charge in [-0.1, -0.05) is 19.1 Å². The lowest BCUT2D eigenvalue weighted by molar-refractivity contribution is -0.137. The predicted molar refractivity (Wildman–Crippen MR) is 79.0 cm³/mol. The fourth-order valence-electron chi connectivity index (χ4n) is 1.85. The van der Waals surface area contributed by atoms with Crippen LogP contribution in [-0.4, -0.2) is 24.2 Å². The highest BCUT2D eigenvalue weighted by Crippen LogP contribution is 2.29. The number of halogens is 3. The van der Waals surface area contributed by atoms with Crippen LogP contribution in [0, 0.1) is 5.92 Å². The first-order chi connectivity index (χ1) is 10.2. The van der Waals surface area contributed by atoms with Gasteiger partial charge in [-0.3, -0.25) is 4.79 Å². The van der Waals surface area contributed by atoms with Gasteiger partial charge in [-0.15, -0.1) is 0 Å². The zero-order chi connectivity index (χ0) is 16.8. The zero-order valence-electron chi connectivity index (χ0n) is 12.6. The van der Waals surface area contributed by atoms with Crippen LogP contribution in [0.2, 0.25) is 0 Å². The van der Waals surface area contributed by atoms with E-state index in [4.69, 9.17) is 5.11 Å². The van der Waals surface area contributed by atoms with Gasteiger partial charge in [0.25, 0.3) is 0 Å². The van der Waals surface area contributed by atoms with Gasteiger partial charge in [0.1, 0.15) is 0 Å². The fraction of sp³-hybridized carbons (Fsp3) is 0.438. The molecule has 1 aromatic rings. The fourth-order valence-corrected chi connectivity index (χ4v) is 1.85. The Morgan fingerprint density at radius 3 is 2.41 bits per heavy atom. The second kappa shape index (κ2) is 7.98. The summed E-state index contributed by atoms with van der Waals surface area (Å²) < 4.78 is 37.4. The molecule has 1 rings (SSSR count). The monoisotopic (exact) mass is 315 g/mol. The van der Waals surface area contributed by atoms with Crippen molar-refractivity contribution in [2.45, 2.75) is 26.4 Å². The van der Waals surface area contributed by atoms with Crippen molar-refractivity contribution in [1.82, 2.24) is 5.32 Å². The third-order valence-corrected chi connectivity index (χ3v) is 3.26. The topological polar surface area (TPSA) is 49.3 Å². The molecular formula is C16H20F3NO2. The Morgan fingerprint density at radius 1 is 1.32 bits per heavy atom. The van der Waals surface area contributed by atoms with Gasteiger partial charge in [0.05, 0.1) is 5.56 Å². The molecule has 0 bridgehead atoms. The number of allylic oxidation sites excluding steroid dienone is 1. The minimum absolute atomic E-state index is 0.0669. The van der Waals surface area contributed by atoms with Crippen molar-refractivity contribution in [2.24, 2.45) is 5.92 Å². The molecule has 0 fully saturated rings. The van der Waals surface area contributed by atoms with E-state index in [9.17, 15) is 18.0 Å². The molecule has 0 aromatic heterocycles. The van der Waals surface area contributed by atoms with Crippen LogP contribution in [-0.2, 0) is 11.0 Å². The normalized spacial score (nSPS) is 13.8.